The van der Waals surface area contributed by atoms with Crippen LogP contribution < -0.4 is 5.73 Å². The average Bonchev–Trinajstić information content (AvgIpc) is 2.95. The van der Waals surface area contributed by atoms with Gasteiger partial charge in [-0.1, -0.05) is 23.2 Å². The van der Waals surface area contributed by atoms with E-state index in [1.54, 1.807) is 4.68 Å². The highest BCUT2D eigenvalue weighted by Gasteiger charge is 2.18. The molecular weight excluding hydrogens is 286 g/mol. The van der Waals surface area contributed by atoms with E-state index in [2.05, 4.69) is 18.1 Å². The molecule has 0 bridgehead atoms. The SMILES string of the molecule is Cc1ccc2oc(C(N)Cc3c(Cl)c(C)nn3C)cc2c1. The summed E-state index contributed by atoms with van der Waals surface area (Å²) in [5.41, 5.74) is 10.1. The molecule has 2 heterocycles. The van der Waals surface area contributed by atoms with Gasteiger partial charge in [0.05, 0.1) is 22.5 Å². The van der Waals surface area contributed by atoms with Crippen LogP contribution in [0.25, 0.3) is 11.0 Å². The van der Waals surface area contributed by atoms with Gasteiger partial charge < -0.3 is 10.2 Å². The molecular formula is C16H18ClN3O. The topological polar surface area (TPSA) is 57.0 Å². The fourth-order valence-corrected chi connectivity index (χ4v) is 2.81. The first kappa shape index (κ1) is 14.2. The van der Waals surface area contributed by atoms with Crippen LogP contribution in [0.1, 0.15) is 28.8 Å². The lowest BCUT2D eigenvalue weighted by atomic mass is 10.1. The van der Waals surface area contributed by atoms with Gasteiger partial charge in [0.2, 0.25) is 0 Å². The molecule has 4 nitrogen and oxygen atoms in total. The highest BCUT2D eigenvalue weighted by atomic mass is 35.5. The van der Waals surface area contributed by atoms with Gasteiger partial charge in [0.1, 0.15) is 11.3 Å². The number of nitrogens with zero attached hydrogens (tertiary/aromatic N) is 2. The van der Waals surface area contributed by atoms with E-state index in [4.69, 9.17) is 21.8 Å². The fraction of sp³-hybridized carbons (Fsp3) is 0.312. The van der Waals surface area contributed by atoms with Gasteiger partial charge in [-0.05, 0) is 32.0 Å². The molecule has 0 spiro atoms. The zero-order valence-electron chi connectivity index (χ0n) is 12.4. The lowest BCUT2D eigenvalue weighted by Gasteiger charge is -2.09. The van der Waals surface area contributed by atoms with Crippen LogP contribution in [0.5, 0.6) is 0 Å². The lowest BCUT2D eigenvalue weighted by Crippen LogP contribution is -2.15. The van der Waals surface area contributed by atoms with Crippen molar-refractivity contribution in [2.75, 3.05) is 0 Å². The Bertz CT molecular complexity index is 803. The molecule has 0 saturated carbocycles. The highest BCUT2D eigenvalue weighted by molar-refractivity contribution is 6.31. The summed E-state index contributed by atoms with van der Waals surface area (Å²) in [5.74, 6) is 0.769. The quantitative estimate of drug-likeness (QED) is 0.803. The third kappa shape index (κ3) is 2.57. The van der Waals surface area contributed by atoms with Crippen molar-refractivity contribution >= 4 is 22.6 Å². The summed E-state index contributed by atoms with van der Waals surface area (Å²) in [4.78, 5) is 0. The predicted octanol–water partition coefficient (Wildman–Crippen LogP) is 3.68. The number of aromatic nitrogens is 2. The molecule has 0 aliphatic heterocycles. The Balaban J connectivity index is 1.91. The first-order valence-corrected chi connectivity index (χ1v) is 7.27. The fourth-order valence-electron chi connectivity index (χ4n) is 2.58. The van der Waals surface area contributed by atoms with E-state index in [1.165, 1.54) is 5.56 Å². The molecule has 1 unspecified atom stereocenters. The zero-order chi connectivity index (χ0) is 15.1. The molecule has 0 aliphatic carbocycles. The van der Waals surface area contributed by atoms with Crippen molar-refractivity contribution in [2.24, 2.45) is 12.8 Å². The molecule has 0 fully saturated rings. The van der Waals surface area contributed by atoms with Crippen LogP contribution in [0.4, 0.5) is 0 Å². The van der Waals surface area contributed by atoms with Crippen LogP contribution in [0, 0.1) is 13.8 Å². The van der Waals surface area contributed by atoms with Gasteiger partial charge in [0.25, 0.3) is 0 Å². The number of hydrogen-bond donors (Lipinski definition) is 1. The molecule has 2 aromatic heterocycles. The number of fused-ring (bicyclic) bond motifs is 1. The van der Waals surface area contributed by atoms with E-state index in [0.717, 1.165) is 28.1 Å². The molecule has 110 valence electrons. The van der Waals surface area contributed by atoms with Crippen molar-refractivity contribution in [1.82, 2.24) is 9.78 Å². The van der Waals surface area contributed by atoms with Crippen molar-refractivity contribution in [3.8, 4) is 0 Å². The van der Waals surface area contributed by atoms with Gasteiger partial charge in [-0.3, -0.25) is 4.68 Å². The summed E-state index contributed by atoms with van der Waals surface area (Å²) >= 11 is 6.28. The van der Waals surface area contributed by atoms with E-state index in [1.807, 2.05) is 32.2 Å². The summed E-state index contributed by atoms with van der Waals surface area (Å²) in [5, 5.41) is 6.07. The Labute approximate surface area is 128 Å². The number of nitrogens with two attached hydrogens (primary N) is 1. The highest BCUT2D eigenvalue weighted by Crippen LogP contribution is 2.28. The summed E-state index contributed by atoms with van der Waals surface area (Å²) in [6.45, 7) is 3.95. The Kier molecular flexibility index (Phi) is 3.51. The normalized spacial score (nSPS) is 13.0. The number of aryl methyl sites for hydroxylation is 3. The second-order valence-electron chi connectivity index (χ2n) is 5.47. The zero-order valence-corrected chi connectivity index (χ0v) is 13.1. The summed E-state index contributed by atoms with van der Waals surface area (Å²) in [7, 11) is 1.88. The number of hydrogen-bond acceptors (Lipinski definition) is 3. The van der Waals surface area contributed by atoms with Crippen LogP contribution in [0.2, 0.25) is 5.02 Å². The molecule has 1 atom stereocenters. The van der Waals surface area contributed by atoms with E-state index in [0.29, 0.717) is 11.4 Å². The third-order valence-corrected chi connectivity index (χ3v) is 4.22. The van der Waals surface area contributed by atoms with E-state index in [9.17, 15) is 0 Å². The second kappa shape index (κ2) is 5.20. The van der Waals surface area contributed by atoms with Crippen LogP contribution in [0.3, 0.4) is 0 Å². The molecule has 0 amide bonds. The number of rotatable bonds is 3. The number of benzene rings is 1. The van der Waals surface area contributed by atoms with Crippen LogP contribution in [-0.2, 0) is 13.5 Å². The molecule has 0 radical (unpaired) electrons. The maximum atomic E-state index is 6.28. The average molecular weight is 304 g/mol. The van der Waals surface area contributed by atoms with Gasteiger partial charge in [0, 0.05) is 18.9 Å². The van der Waals surface area contributed by atoms with Gasteiger partial charge in [-0.2, -0.15) is 5.10 Å². The minimum Gasteiger partial charge on any atom is -0.459 e. The minimum atomic E-state index is -0.245. The van der Waals surface area contributed by atoms with Crippen molar-refractivity contribution in [2.45, 2.75) is 26.3 Å². The van der Waals surface area contributed by atoms with Gasteiger partial charge in [-0.25, -0.2) is 0 Å². The number of furan rings is 1. The maximum absolute atomic E-state index is 6.28. The molecule has 2 N–H and O–H groups in total. The summed E-state index contributed by atoms with van der Waals surface area (Å²) < 4.78 is 7.63. The van der Waals surface area contributed by atoms with Gasteiger partial charge in [-0.15, -0.1) is 0 Å². The third-order valence-electron chi connectivity index (χ3n) is 3.73. The molecule has 0 aliphatic rings. The van der Waals surface area contributed by atoms with Crippen LogP contribution in [-0.4, -0.2) is 9.78 Å². The maximum Gasteiger partial charge on any atom is 0.134 e. The van der Waals surface area contributed by atoms with Gasteiger partial charge >= 0.3 is 0 Å². The Morgan fingerprint density at radius 2 is 2.10 bits per heavy atom. The van der Waals surface area contributed by atoms with Crippen molar-refractivity contribution < 1.29 is 4.42 Å². The molecule has 5 heteroatoms. The lowest BCUT2D eigenvalue weighted by molar-refractivity contribution is 0.486. The van der Waals surface area contributed by atoms with Crippen molar-refractivity contribution in [3.63, 3.8) is 0 Å². The molecule has 0 saturated heterocycles. The largest absolute Gasteiger partial charge is 0.459 e. The van der Waals surface area contributed by atoms with Crippen LogP contribution >= 0.6 is 11.6 Å². The first-order chi connectivity index (χ1) is 9.95. The van der Waals surface area contributed by atoms with E-state index >= 15 is 0 Å². The summed E-state index contributed by atoms with van der Waals surface area (Å²) in [6.07, 6.45) is 0.592. The Hall–Kier alpha value is -1.78. The van der Waals surface area contributed by atoms with E-state index in [-0.39, 0.29) is 6.04 Å². The van der Waals surface area contributed by atoms with Crippen LogP contribution in [0.15, 0.2) is 28.7 Å². The van der Waals surface area contributed by atoms with E-state index < -0.39 is 0 Å². The second-order valence-corrected chi connectivity index (χ2v) is 5.85. The Morgan fingerprint density at radius 1 is 1.33 bits per heavy atom. The minimum absolute atomic E-state index is 0.245. The van der Waals surface area contributed by atoms with Gasteiger partial charge in [0.15, 0.2) is 0 Å². The standard InChI is InChI=1S/C16H18ClN3O/c1-9-4-5-14-11(6-9)7-15(21-14)12(18)8-13-16(17)10(2)19-20(13)3/h4-7,12H,8,18H2,1-3H3. The smallest absolute Gasteiger partial charge is 0.134 e. The first-order valence-electron chi connectivity index (χ1n) is 6.89. The number of halogens is 1. The predicted molar refractivity (Wildman–Crippen MR) is 84.5 cm³/mol. The summed E-state index contributed by atoms with van der Waals surface area (Å²) in [6, 6.07) is 7.86. The molecule has 21 heavy (non-hydrogen) atoms. The molecule has 1 aromatic carbocycles. The molecule has 3 rings (SSSR count). The molecule has 3 aromatic rings. The van der Waals surface area contributed by atoms with Crippen molar-refractivity contribution in [3.05, 3.63) is 52.0 Å². The monoisotopic (exact) mass is 303 g/mol. The van der Waals surface area contributed by atoms with Crippen molar-refractivity contribution in [1.29, 1.82) is 0 Å². The Morgan fingerprint density at radius 3 is 2.76 bits per heavy atom.